The lowest BCUT2D eigenvalue weighted by Gasteiger charge is -2.48. The number of ether oxygens (including phenoxy) is 1. The second-order valence-electron chi connectivity index (χ2n) is 10.9. The van der Waals surface area contributed by atoms with Crippen molar-refractivity contribution in [1.82, 2.24) is 9.88 Å². The standard InChI is InChI=1S/C30H33F3N2O3/c1-3-5-27(36)35-13-12-24-21(17-35)15-26-28(18(2)38-29(26)37)25(24)11-10-23-9-8-20(16-34-23)19-6-4-7-22(14-19)30(31,32)33/h4,6-11,14,16,18,21,24-26,28H,3,5,12-13,15,17H2,1-2H3/b11-10+. The molecular formula is C30H33F3N2O3. The van der Waals surface area contributed by atoms with Crippen LogP contribution in [0, 0.1) is 29.6 Å². The van der Waals surface area contributed by atoms with Crippen LogP contribution in [0.25, 0.3) is 17.2 Å². The van der Waals surface area contributed by atoms with Gasteiger partial charge in [0.25, 0.3) is 0 Å². The summed E-state index contributed by atoms with van der Waals surface area (Å²) in [5.74, 6) is 0.677. The number of aromatic nitrogens is 1. The molecular weight excluding hydrogens is 493 g/mol. The Balaban J connectivity index is 1.36. The number of fused-ring (bicyclic) bond motifs is 2. The normalized spacial score (nSPS) is 29.2. The number of hydrogen-bond donors (Lipinski definition) is 0. The minimum Gasteiger partial charge on any atom is -0.462 e. The molecule has 2 saturated heterocycles. The summed E-state index contributed by atoms with van der Waals surface area (Å²) in [7, 11) is 0. The highest BCUT2D eigenvalue weighted by Gasteiger charge is 2.54. The van der Waals surface area contributed by atoms with E-state index in [1.807, 2.05) is 24.8 Å². The van der Waals surface area contributed by atoms with Crippen LogP contribution >= 0.6 is 0 Å². The highest BCUT2D eigenvalue weighted by molar-refractivity contribution is 5.77. The number of halogens is 3. The van der Waals surface area contributed by atoms with E-state index in [0.717, 1.165) is 37.9 Å². The number of likely N-dealkylation sites (tertiary alicyclic amines) is 1. The van der Waals surface area contributed by atoms with Crippen molar-refractivity contribution in [2.24, 2.45) is 29.6 Å². The first kappa shape index (κ1) is 26.4. The highest BCUT2D eigenvalue weighted by atomic mass is 19.4. The number of rotatable bonds is 5. The topological polar surface area (TPSA) is 59.5 Å². The van der Waals surface area contributed by atoms with Gasteiger partial charge in [-0.1, -0.05) is 31.2 Å². The molecule has 3 heterocycles. The van der Waals surface area contributed by atoms with Crippen molar-refractivity contribution < 1.29 is 27.5 Å². The number of carbonyl (C=O) groups excluding carboxylic acids is 2. The van der Waals surface area contributed by atoms with E-state index in [9.17, 15) is 22.8 Å². The molecule has 1 saturated carbocycles. The van der Waals surface area contributed by atoms with Gasteiger partial charge in [0.15, 0.2) is 0 Å². The van der Waals surface area contributed by atoms with Gasteiger partial charge in [0.2, 0.25) is 5.91 Å². The zero-order valence-electron chi connectivity index (χ0n) is 21.7. The summed E-state index contributed by atoms with van der Waals surface area (Å²) in [6.45, 7) is 5.38. The van der Waals surface area contributed by atoms with Crippen LogP contribution in [0.4, 0.5) is 13.2 Å². The molecule has 38 heavy (non-hydrogen) atoms. The zero-order chi connectivity index (χ0) is 27.0. The molecule has 5 rings (SSSR count). The van der Waals surface area contributed by atoms with Gasteiger partial charge in [0.1, 0.15) is 6.10 Å². The Kier molecular flexibility index (Phi) is 7.34. The van der Waals surface area contributed by atoms with E-state index in [0.29, 0.717) is 35.7 Å². The fourth-order valence-electron chi connectivity index (χ4n) is 6.71. The average Bonchev–Trinajstić information content (AvgIpc) is 3.19. The fraction of sp³-hybridized carbons (Fsp3) is 0.500. The van der Waals surface area contributed by atoms with E-state index in [2.05, 4.69) is 11.1 Å². The predicted octanol–water partition coefficient (Wildman–Crippen LogP) is 6.24. The summed E-state index contributed by atoms with van der Waals surface area (Å²) >= 11 is 0. The van der Waals surface area contributed by atoms with Gasteiger partial charge in [0.05, 0.1) is 17.2 Å². The quantitative estimate of drug-likeness (QED) is 0.433. The number of allylic oxidation sites excluding steroid dienone is 1. The van der Waals surface area contributed by atoms with E-state index in [1.165, 1.54) is 6.07 Å². The Bertz CT molecular complexity index is 1210. The van der Waals surface area contributed by atoms with Crippen LogP contribution in [0.5, 0.6) is 0 Å². The number of pyridine rings is 1. The maximum atomic E-state index is 13.1. The van der Waals surface area contributed by atoms with Crippen molar-refractivity contribution in [3.05, 3.63) is 59.9 Å². The fourth-order valence-corrected chi connectivity index (χ4v) is 6.71. The van der Waals surface area contributed by atoms with Crippen LogP contribution in [0.2, 0.25) is 0 Å². The third-order valence-corrected chi connectivity index (χ3v) is 8.52. The van der Waals surface area contributed by atoms with Crippen LogP contribution in [0.15, 0.2) is 48.7 Å². The maximum absolute atomic E-state index is 13.1. The number of carbonyl (C=O) groups is 2. The molecule has 2 aliphatic heterocycles. The van der Waals surface area contributed by atoms with Crippen LogP contribution < -0.4 is 0 Å². The average molecular weight is 527 g/mol. The Morgan fingerprint density at radius 3 is 2.74 bits per heavy atom. The van der Waals surface area contributed by atoms with E-state index < -0.39 is 11.7 Å². The largest absolute Gasteiger partial charge is 0.462 e. The number of hydrogen-bond acceptors (Lipinski definition) is 4. The first-order valence-corrected chi connectivity index (χ1v) is 13.5. The highest BCUT2D eigenvalue weighted by Crippen LogP contribution is 2.51. The van der Waals surface area contributed by atoms with Crippen LogP contribution in [-0.4, -0.2) is 41.0 Å². The summed E-state index contributed by atoms with van der Waals surface area (Å²) < 4.78 is 45.0. The van der Waals surface area contributed by atoms with Gasteiger partial charge in [-0.15, -0.1) is 0 Å². The lowest BCUT2D eigenvalue weighted by molar-refractivity contribution is -0.144. The van der Waals surface area contributed by atoms with Crippen LogP contribution in [-0.2, 0) is 20.5 Å². The van der Waals surface area contributed by atoms with Crippen molar-refractivity contribution in [1.29, 1.82) is 0 Å². The molecule has 1 amide bonds. The summed E-state index contributed by atoms with van der Waals surface area (Å²) in [5.41, 5.74) is 1.08. The van der Waals surface area contributed by atoms with Crippen molar-refractivity contribution in [3.8, 4) is 11.1 Å². The van der Waals surface area contributed by atoms with Gasteiger partial charge >= 0.3 is 12.1 Å². The van der Waals surface area contributed by atoms with E-state index >= 15 is 0 Å². The molecule has 0 spiro atoms. The van der Waals surface area contributed by atoms with E-state index in [4.69, 9.17) is 4.74 Å². The Labute approximate surface area is 221 Å². The van der Waals surface area contributed by atoms with Crippen molar-refractivity contribution >= 4 is 18.0 Å². The number of benzene rings is 1. The lowest BCUT2D eigenvalue weighted by Crippen LogP contribution is -2.51. The van der Waals surface area contributed by atoms with E-state index in [-0.39, 0.29) is 41.7 Å². The van der Waals surface area contributed by atoms with Crippen LogP contribution in [0.1, 0.15) is 50.8 Å². The molecule has 6 atom stereocenters. The molecule has 8 heteroatoms. The van der Waals surface area contributed by atoms with Gasteiger partial charge < -0.3 is 9.64 Å². The SMILES string of the molecule is CCCC(=O)N1CCC2C(CC3C(=O)OC(C)C3C2/C=C/c2ccc(-c3cccc(C(F)(F)F)c3)cn2)C1. The summed E-state index contributed by atoms with van der Waals surface area (Å²) in [6, 6.07) is 8.80. The molecule has 3 aliphatic rings. The second-order valence-corrected chi connectivity index (χ2v) is 10.9. The third kappa shape index (κ3) is 5.22. The maximum Gasteiger partial charge on any atom is 0.416 e. The summed E-state index contributed by atoms with van der Waals surface area (Å²) in [5, 5.41) is 0. The Morgan fingerprint density at radius 1 is 1.21 bits per heavy atom. The number of cyclic esters (lactones) is 1. The molecule has 202 valence electrons. The molecule has 5 nitrogen and oxygen atoms in total. The summed E-state index contributed by atoms with van der Waals surface area (Å²) in [4.78, 5) is 31.7. The van der Waals surface area contributed by atoms with E-state index in [1.54, 1.807) is 24.4 Å². The number of piperidine rings is 1. The van der Waals surface area contributed by atoms with Crippen molar-refractivity contribution in [3.63, 3.8) is 0 Å². The monoisotopic (exact) mass is 526 g/mol. The first-order valence-electron chi connectivity index (χ1n) is 13.5. The van der Waals surface area contributed by atoms with Gasteiger partial charge in [-0.2, -0.15) is 13.2 Å². The lowest BCUT2D eigenvalue weighted by atomic mass is 9.59. The molecule has 6 unspecified atom stereocenters. The molecule has 2 aromatic rings. The minimum atomic E-state index is -4.40. The van der Waals surface area contributed by atoms with Gasteiger partial charge in [-0.3, -0.25) is 14.6 Å². The molecule has 1 aromatic carbocycles. The molecule has 0 bridgehead atoms. The van der Waals surface area contributed by atoms with Gasteiger partial charge in [-0.25, -0.2) is 0 Å². The number of esters is 1. The van der Waals surface area contributed by atoms with Gasteiger partial charge in [0, 0.05) is 37.2 Å². The molecule has 1 aromatic heterocycles. The zero-order valence-corrected chi connectivity index (χ0v) is 21.7. The van der Waals surface area contributed by atoms with Crippen molar-refractivity contribution in [2.75, 3.05) is 13.1 Å². The summed E-state index contributed by atoms with van der Waals surface area (Å²) in [6.07, 6.45) is 4.13. The molecule has 0 N–H and O–H groups in total. The van der Waals surface area contributed by atoms with Gasteiger partial charge in [-0.05, 0) is 73.8 Å². The third-order valence-electron chi connectivity index (χ3n) is 8.52. The predicted molar refractivity (Wildman–Crippen MR) is 137 cm³/mol. The molecule has 1 aliphatic carbocycles. The Hall–Kier alpha value is -3.16. The molecule has 3 fully saturated rings. The second kappa shape index (κ2) is 10.5. The van der Waals surface area contributed by atoms with Crippen molar-refractivity contribution in [2.45, 2.75) is 51.8 Å². The number of nitrogens with zero attached hydrogens (tertiary/aromatic N) is 2. The number of amides is 1. The van der Waals surface area contributed by atoms with Crippen LogP contribution in [0.3, 0.4) is 0 Å². The molecule has 0 radical (unpaired) electrons. The Morgan fingerprint density at radius 2 is 2.03 bits per heavy atom. The smallest absolute Gasteiger partial charge is 0.416 e. The minimum absolute atomic E-state index is 0.0854. The first-order chi connectivity index (χ1) is 18.2. The number of alkyl halides is 3.